The minimum absolute atomic E-state index is 0. The number of hydrogen-bond donors (Lipinski definition) is 0. The van der Waals surface area contributed by atoms with Crippen LogP contribution in [0, 0.1) is 0 Å². The van der Waals surface area contributed by atoms with Gasteiger partial charge in [0.25, 0.3) is 0 Å². The summed E-state index contributed by atoms with van der Waals surface area (Å²) in [6, 6.07) is 0. The van der Waals surface area contributed by atoms with Crippen molar-refractivity contribution in [2.75, 3.05) is 0 Å². The van der Waals surface area contributed by atoms with Gasteiger partial charge in [0.05, 0.1) is 0 Å². The van der Waals surface area contributed by atoms with Crippen LogP contribution in [0.4, 0.5) is 0 Å². The van der Waals surface area contributed by atoms with Crippen molar-refractivity contribution < 1.29 is 21.1 Å². The molecule has 0 aromatic heterocycles. The zero-order valence-electron chi connectivity index (χ0n) is 2.77. The summed E-state index contributed by atoms with van der Waals surface area (Å²) in [4.78, 5) is 0. The third-order valence-corrected chi connectivity index (χ3v) is 0. The van der Waals surface area contributed by atoms with E-state index in [1.807, 2.05) is 0 Å². The SMILES string of the molecule is Cl.Cl.Cl.Cl.Cl.Cl.[NaH].[NaH].[Pt]. The van der Waals surface area contributed by atoms with E-state index in [2.05, 4.69) is 0 Å². The summed E-state index contributed by atoms with van der Waals surface area (Å²) in [6.07, 6.45) is 0. The normalized spacial score (nSPS) is 0. The van der Waals surface area contributed by atoms with E-state index in [9.17, 15) is 0 Å². The van der Waals surface area contributed by atoms with Crippen LogP contribution in [-0.4, -0.2) is 59.1 Å². The molecule has 0 aliphatic rings. The van der Waals surface area contributed by atoms with Crippen molar-refractivity contribution in [1.29, 1.82) is 0 Å². The van der Waals surface area contributed by atoms with Crippen LogP contribution in [0.1, 0.15) is 0 Å². The predicted octanol–water partition coefficient (Wildman–Crippen LogP) is 1.23. The quantitative estimate of drug-likeness (QED) is 0.476. The molecule has 9 heavy (non-hydrogen) atoms. The summed E-state index contributed by atoms with van der Waals surface area (Å²) in [5.41, 5.74) is 0. The third-order valence-electron chi connectivity index (χ3n) is 0. The largest absolute Gasteiger partial charge is 0 e. The summed E-state index contributed by atoms with van der Waals surface area (Å²) in [5, 5.41) is 0. The molecule has 0 aliphatic carbocycles. The molecule has 9 heteroatoms. The monoisotopic (exact) mass is 459 g/mol. The Bertz CT molecular complexity index is 11.0. The molecule has 62 valence electrons. The molecule has 0 heterocycles. The van der Waals surface area contributed by atoms with Gasteiger partial charge in [-0.2, -0.15) is 0 Å². The molecule has 0 aromatic carbocycles. The standard InChI is InChI=1S/6ClH.2Na.Pt.2H/h6*1H;;;;;. The Morgan fingerprint density at radius 3 is 0.333 bits per heavy atom. The van der Waals surface area contributed by atoms with Crippen molar-refractivity contribution in [2.45, 2.75) is 0 Å². The van der Waals surface area contributed by atoms with E-state index in [4.69, 9.17) is 0 Å². The van der Waals surface area contributed by atoms with Crippen LogP contribution >= 0.6 is 74.4 Å². The fraction of sp³-hybridized carbons (Fsp3) is 0. The van der Waals surface area contributed by atoms with E-state index in [0.717, 1.165) is 0 Å². The van der Waals surface area contributed by atoms with Crippen molar-refractivity contribution in [3.05, 3.63) is 0 Å². The van der Waals surface area contributed by atoms with Crippen LogP contribution < -0.4 is 0 Å². The van der Waals surface area contributed by atoms with Gasteiger partial charge in [0.15, 0.2) is 0 Å². The Kier molecular flexibility index (Phi) is 973. The van der Waals surface area contributed by atoms with Crippen LogP contribution in [0.5, 0.6) is 0 Å². The van der Waals surface area contributed by atoms with Gasteiger partial charge in [-0.15, -0.1) is 74.4 Å². The molecule has 0 nitrogen and oxygen atoms in total. The molecule has 0 spiro atoms. The van der Waals surface area contributed by atoms with Gasteiger partial charge >= 0.3 is 59.1 Å². The molecule has 0 atom stereocenters. The molecule has 0 unspecified atom stereocenters. The third kappa shape index (κ3) is 68.9. The van der Waals surface area contributed by atoms with Crippen molar-refractivity contribution >= 4 is 134 Å². The first-order valence-corrected chi connectivity index (χ1v) is 0. The van der Waals surface area contributed by atoms with Crippen LogP contribution in [0.2, 0.25) is 0 Å². The minimum Gasteiger partial charge on any atom is 0 e. The van der Waals surface area contributed by atoms with Gasteiger partial charge in [-0.05, 0) is 0 Å². The second kappa shape index (κ2) is 82.8. The number of rotatable bonds is 0. The average Bonchev–Trinajstić information content (AvgIpc) is 0. The fourth-order valence-corrected chi connectivity index (χ4v) is 0. The number of halogens is 6. The molecule has 0 bridgehead atoms. The Labute approximate surface area is 152 Å². The van der Waals surface area contributed by atoms with Gasteiger partial charge in [-0.25, -0.2) is 0 Å². The fourth-order valence-electron chi connectivity index (χ4n) is 0. The average molecular weight is 462 g/mol. The summed E-state index contributed by atoms with van der Waals surface area (Å²) in [5.74, 6) is 0. The van der Waals surface area contributed by atoms with Crippen LogP contribution in [-0.2, 0) is 21.1 Å². The molecule has 0 radical (unpaired) electrons. The van der Waals surface area contributed by atoms with Crippen LogP contribution in [0.15, 0.2) is 0 Å². The smallest absolute Gasteiger partial charge is 0 e. The Morgan fingerprint density at radius 2 is 0.333 bits per heavy atom. The van der Waals surface area contributed by atoms with E-state index in [0.29, 0.717) is 0 Å². The van der Waals surface area contributed by atoms with Crippen molar-refractivity contribution in [2.24, 2.45) is 0 Å². The summed E-state index contributed by atoms with van der Waals surface area (Å²) < 4.78 is 0. The van der Waals surface area contributed by atoms with Gasteiger partial charge in [0.2, 0.25) is 0 Å². The summed E-state index contributed by atoms with van der Waals surface area (Å²) >= 11 is 0. The van der Waals surface area contributed by atoms with Crippen molar-refractivity contribution in [3.8, 4) is 0 Å². The molecule has 0 aliphatic heterocycles. The molecular formula is H8Cl6Na2Pt. The zero-order valence-corrected chi connectivity index (χ0v) is 9.94. The maximum atomic E-state index is 0. The molecular weight excluding hydrogens is 454 g/mol. The summed E-state index contributed by atoms with van der Waals surface area (Å²) in [6.45, 7) is 0. The van der Waals surface area contributed by atoms with E-state index in [1.165, 1.54) is 0 Å². The van der Waals surface area contributed by atoms with Crippen molar-refractivity contribution in [1.82, 2.24) is 0 Å². The Morgan fingerprint density at radius 1 is 0.333 bits per heavy atom. The minimum atomic E-state index is 0. The second-order valence-electron chi connectivity index (χ2n) is 0. The first kappa shape index (κ1) is 106. The topological polar surface area (TPSA) is 0 Å². The van der Waals surface area contributed by atoms with Gasteiger partial charge in [-0.3, -0.25) is 0 Å². The van der Waals surface area contributed by atoms with Crippen LogP contribution in [0.25, 0.3) is 0 Å². The van der Waals surface area contributed by atoms with Gasteiger partial charge < -0.3 is 0 Å². The van der Waals surface area contributed by atoms with E-state index in [1.54, 1.807) is 0 Å². The van der Waals surface area contributed by atoms with E-state index >= 15 is 0 Å². The Hall–Kier alpha value is 4.43. The maximum absolute atomic E-state index is 0. The molecule has 0 saturated heterocycles. The first-order chi connectivity index (χ1) is 0. The Balaban J connectivity index is 0. The predicted molar refractivity (Wildman–Crippen MR) is 57.8 cm³/mol. The first-order valence-electron chi connectivity index (χ1n) is 0. The maximum Gasteiger partial charge on any atom is 0 e. The van der Waals surface area contributed by atoms with Gasteiger partial charge in [0, 0.05) is 21.1 Å². The number of hydrogen-bond acceptors (Lipinski definition) is 0. The van der Waals surface area contributed by atoms with Gasteiger partial charge in [0.1, 0.15) is 0 Å². The molecule has 0 N–H and O–H groups in total. The van der Waals surface area contributed by atoms with Crippen LogP contribution in [0.3, 0.4) is 0 Å². The molecule has 0 saturated carbocycles. The second-order valence-corrected chi connectivity index (χ2v) is 0. The van der Waals surface area contributed by atoms with Gasteiger partial charge in [-0.1, -0.05) is 0 Å². The van der Waals surface area contributed by atoms with E-state index < -0.39 is 0 Å². The van der Waals surface area contributed by atoms with Crippen molar-refractivity contribution in [3.63, 3.8) is 0 Å². The summed E-state index contributed by atoms with van der Waals surface area (Å²) in [7, 11) is 0. The molecule has 0 aromatic rings. The van der Waals surface area contributed by atoms with E-state index in [-0.39, 0.29) is 155 Å². The molecule has 0 fully saturated rings. The zero-order chi connectivity index (χ0) is 0. The molecule has 0 amide bonds. The molecule has 0 rings (SSSR count).